The van der Waals surface area contributed by atoms with Gasteiger partial charge >= 0.3 is 54.6 Å². The maximum Gasteiger partial charge on any atom is 2.00 e. The molecule has 0 spiro atoms. The molecule has 0 unspecified atom stereocenters. The van der Waals surface area contributed by atoms with E-state index >= 15 is 0 Å². The molecule has 0 atom stereocenters. The molecule has 0 saturated carbocycles. The zero-order valence-corrected chi connectivity index (χ0v) is 41.4. The van der Waals surface area contributed by atoms with Crippen molar-refractivity contribution in [3.8, 4) is 0 Å². The van der Waals surface area contributed by atoms with Crippen LogP contribution in [-0.4, -0.2) is 23.9 Å². The van der Waals surface area contributed by atoms with E-state index in [0.717, 1.165) is 51.4 Å². The summed E-state index contributed by atoms with van der Waals surface area (Å²) in [6, 6.07) is 0. The molecule has 0 heterocycles. The van der Waals surface area contributed by atoms with Crippen LogP contribution in [0.3, 0.4) is 0 Å². The second kappa shape index (κ2) is 58.0. The normalized spacial score (nSPS) is 9.68. The number of carbonyl (C=O) groups excluding carboxylic acids is 4. The SMILES string of the molecule is CCCCCCCCCC(=O)[O-].CCCCCCCCCC(=O)[O-].CCCCCCCCCC(=O)[O-].CCCCCCCCCC(=O)[O-].[Cd+2].[Cd+2]. The summed E-state index contributed by atoms with van der Waals surface area (Å²) in [7, 11) is 0. The topological polar surface area (TPSA) is 161 Å². The Labute approximate surface area is 348 Å². The molecule has 0 radical (unpaired) electrons. The standard InChI is InChI=1S/4C10H20O2.2Cd/c4*1-2-3-4-5-6-7-8-9-10(11)12;;/h4*2-9H2,1H3,(H,11,12);;/q;;;;2*+2/p-4. The van der Waals surface area contributed by atoms with Gasteiger partial charge in [0.1, 0.15) is 0 Å². The average Bonchev–Trinajstić information content (AvgIpc) is 3.03. The molecule has 0 aromatic carbocycles. The maximum absolute atomic E-state index is 10.0. The molecule has 288 valence electrons. The quantitative estimate of drug-likeness (QED) is 0.0496. The molecule has 0 aliphatic rings. The third-order valence-corrected chi connectivity index (χ3v) is 7.94. The Balaban J connectivity index is -0.000000127. The van der Waals surface area contributed by atoms with E-state index in [4.69, 9.17) is 0 Å². The van der Waals surface area contributed by atoms with E-state index in [1.165, 1.54) is 128 Å². The van der Waals surface area contributed by atoms with Crippen molar-refractivity contribution in [2.45, 2.75) is 233 Å². The van der Waals surface area contributed by atoms with Crippen molar-refractivity contribution in [3.05, 3.63) is 0 Å². The number of unbranched alkanes of at least 4 members (excludes halogenated alkanes) is 24. The third kappa shape index (κ3) is 81.6. The fourth-order valence-electron chi connectivity index (χ4n) is 4.91. The largest absolute Gasteiger partial charge is 2.00 e. The van der Waals surface area contributed by atoms with E-state index in [-0.39, 0.29) is 80.3 Å². The van der Waals surface area contributed by atoms with Crippen molar-refractivity contribution >= 4 is 23.9 Å². The van der Waals surface area contributed by atoms with Gasteiger partial charge in [-0.3, -0.25) is 0 Å². The first-order valence-corrected chi connectivity index (χ1v) is 19.9. The predicted octanol–water partition coefficient (Wildman–Crippen LogP) is 7.50. The van der Waals surface area contributed by atoms with Gasteiger partial charge in [-0.1, -0.05) is 182 Å². The van der Waals surface area contributed by atoms with Gasteiger partial charge < -0.3 is 39.6 Å². The summed E-state index contributed by atoms with van der Waals surface area (Å²) in [6.45, 7) is 8.76. The van der Waals surface area contributed by atoms with Crippen molar-refractivity contribution in [2.75, 3.05) is 0 Å². The van der Waals surface area contributed by atoms with Crippen LogP contribution in [0.5, 0.6) is 0 Å². The molecule has 0 aliphatic carbocycles. The first-order valence-electron chi connectivity index (χ1n) is 19.9. The number of carboxylic acids is 4. The molecular weight excluding hydrogens is 833 g/mol. The van der Waals surface area contributed by atoms with Crippen molar-refractivity contribution in [1.29, 1.82) is 0 Å². The summed E-state index contributed by atoms with van der Waals surface area (Å²) in [5.74, 6) is -3.65. The minimum Gasteiger partial charge on any atom is -0.550 e. The first-order chi connectivity index (χ1) is 23.1. The molecule has 8 nitrogen and oxygen atoms in total. The van der Waals surface area contributed by atoms with Crippen LogP contribution < -0.4 is 20.4 Å². The summed E-state index contributed by atoms with van der Waals surface area (Å²) in [4.78, 5) is 40.1. The molecule has 0 aliphatic heterocycles. The number of rotatable bonds is 32. The van der Waals surface area contributed by atoms with Gasteiger partial charge in [-0.25, -0.2) is 0 Å². The van der Waals surface area contributed by atoms with Crippen LogP contribution in [0.25, 0.3) is 0 Å². The second-order valence-corrected chi connectivity index (χ2v) is 13.0. The maximum atomic E-state index is 10.0. The molecule has 0 N–H and O–H groups in total. The minimum absolute atomic E-state index is 0. The molecule has 0 aromatic heterocycles. The molecule has 10 heteroatoms. The van der Waals surface area contributed by atoms with Gasteiger partial charge in [0, 0.05) is 23.9 Å². The Morgan fingerprint density at radius 2 is 0.380 bits per heavy atom. The summed E-state index contributed by atoms with van der Waals surface area (Å²) in [6.07, 6.45) is 33.4. The van der Waals surface area contributed by atoms with Gasteiger partial charge in [0.05, 0.1) is 0 Å². The zero-order valence-electron chi connectivity index (χ0n) is 33.3. The van der Waals surface area contributed by atoms with Gasteiger partial charge in [0.25, 0.3) is 0 Å². The predicted molar refractivity (Wildman–Crippen MR) is 190 cm³/mol. The zero-order chi connectivity index (χ0) is 36.9. The Hall–Kier alpha value is -0.276. The van der Waals surface area contributed by atoms with Crippen molar-refractivity contribution < 1.29 is 94.2 Å². The average molecular weight is 910 g/mol. The van der Waals surface area contributed by atoms with Crippen LogP contribution in [0.15, 0.2) is 0 Å². The van der Waals surface area contributed by atoms with Gasteiger partial charge in [0.2, 0.25) is 0 Å². The number of hydrogen-bond acceptors (Lipinski definition) is 8. The minimum atomic E-state index is -0.913. The summed E-state index contributed by atoms with van der Waals surface area (Å²) < 4.78 is 0. The molecular formula is C40H76Cd2O8. The molecule has 0 saturated heterocycles. The van der Waals surface area contributed by atoms with Crippen LogP contribution in [-0.2, 0) is 73.8 Å². The Morgan fingerprint density at radius 3 is 0.500 bits per heavy atom. The third-order valence-electron chi connectivity index (χ3n) is 7.94. The Morgan fingerprint density at radius 1 is 0.260 bits per heavy atom. The number of carbonyl (C=O) groups is 4. The van der Waals surface area contributed by atoms with Crippen molar-refractivity contribution in [2.24, 2.45) is 0 Å². The van der Waals surface area contributed by atoms with E-state index < -0.39 is 23.9 Å². The van der Waals surface area contributed by atoms with E-state index in [9.17, 15) is 39.6 Å². The number of hydrogen-bond donors (Lipinski definition) is 0. The van der Waals surface area contributed by atoms with Gasteiger partial charge in [-0.15, -0.1) is 0 Å². The van der Waals surface area contributed by atoms with Crippen LogP contribution in [0.4, 0.5) is 0 Å². The molecule has 0 rings (SSSR count). The summed E-state index contributed by atoms with van der Waals surface area (Å²) in [5.41, 5.74) is 0. The van der Waals surface area contributed by atoms with E-state index in [1.54, 1.807) is 0 Å². The summed E-state index contributed by atoms with van der Waals surface area (Å²) >= 11 is 0. The monoisotopic (exact) mass is 912 g/mol. The molecule has 0 fully saturated rings. The van der Waals surface area contributed by atoms with Crippen molar-refractivity contribution in [3.63, 3.8) is 0 Å². The fraction of sp³-hybridized carbons (Fsp3) is 0.900. The van der Waals surface area contributed by atoms with Gasteiger partial charge in [-0.05, 0) is 51.4 Å². The van der Waals surface area contributed by atoms with E-state index in [2.05, 4.69) is 27.7 Å². The van der Waals surface area contributed by atoms with Crippen molar-refractivity contribution in [1.82, 2.24) is 0 Å². The second-order valence-electron chi connectivity index (χ2n) is 13.0. The molecule has 50 heavy (non-hydrogen) atoms. The van der Waals surface area contributed by atoms with Crippen LogP contribution >= 0.6 is 0 Å². The van der Waals surface area contributed by atoms with Gasteiger partial charge in [0.15, 0.2) is 0 Å². The summed E-state index contributed by atoms with van der Waals surface area (Å²) in [5, 5.41) is 40.1. The van der Waals surface area contributed by atoms with Crippen LogP contribution in [0.1, 0.15) is 233 Å². The van der Waals surface area contributed by atoms with E-state index in [1.807, 2.05) is 0 Å². The van der Waals surface area contributed by atoms with Crippen LogP contribution in [0, 0.1) is 0 Å². The smallest absolute Gasteiger partial charge is 0.550 e. The molecule has 0 amide bonds. The Bertz CT molecular complexity index is 566. The number of carboxylic acid groups (broad SMARTS) is 4. The number of aliphatic carboxylic acids is 4. The Kier molecular flexibility index (Phi) is 71.7. The fourth-order valence-corrected chi connectivity index (χ4v) is 4.91. The molecule has 0 aromatic rings. The van der Waals surface area contributed by atoms with E-state index in [0.29, 0.717) is 0 Å². The first kappa shape index (κ1) is 61.7. The van der Waals surface area contributed by atoms with Gasteiger partial charge in [-0.2, -0.15) is 0 Å². The molecule has 0 bridgehead atoms. The van der Waals surface area contributed by atoms with Crippen LogP contribution in [0.2, 0.25) is 0 Å².